The molecule has 1 fully saturated rings. The average molecular weight is 246 g/mol. The highest BCUT2D eigenvalue weighted by atomic mass is 32.1. The summed E-state index contributed by atoms with van der Waals surface area (Å²) in [6.45, 7) is 5.89. The first-order valence-corrected chi connectivity index (χ1v) is 7.07. The Morgan fingerprint density at radius 2 is 1.88 bits per heavy atom. The molecule has 2 aromatic rings. The van der Waals surface area contributed by atoms with Gasteiger partial charge in [-0.05, 0) is 29.4 Å². The summed E-state index contributed by atoms with van der Waals surface area (Å²) in [7, 11) is 2.21. The first-order valence-electron chi connectivity index (χ1n) is 6.19. The van der Waals surface area contributed by atoms with Crippen molar-refractivity contribution in [3.63, 3.8) is 0 Å². The molecule has 0 aliphatic carbocycles. The fourth-order valence-corrected chi connectivity index (χ4v) is 3.36. The maximum Gasteiger partial charge on any atom is 0.0346 e. The van der Waals surface area contributed by atoms with Gasteiger partial charge in [-0.15, -0.1) is 11.3 Å². The quantitative estimate of drug-likeness (QED) is 0.804. The average Bonchev–Trinajstić information content (AvgIpc) is 2.76. The van der Waals surface area contributed by atoms with Crippen molar-refractivity contribution >= 4 is 21.4 Å². The van der Waals surface area contributed by atoms with Crippen LogP contribution in [0.15, 0.2) is 29.6 Å². The monoisotopic (exact) mass is 246 g/mol. The van der Waals surface area contributed by atoms with Gasteiger partial charge in [0.1, 0.15) is 0 Å². The molecule has 2 heterocycles. The summed E-state index contributed by atoms with van der Waals surface area (Å²) in [6, 6.07) is 8.73. The molecule has 0 N–H and O–H groups in total. The molecule has 0 atom stereocenters. The van der Waals surface area contributed by atoms with Crippen LogP contribution in [0.3, 0.4) is 0 Å². The standard InChI is InChI=1S/C14H18N2S/c1-15-6-8-16(9-7-15)10-12-11-17-14-5-3-2-4-13(12)14/h2-5,11H,6-10H2,1H3. The van der Waals surface area contributed by atoms with Gasteiger partial charge in [0.25, 0.3) is 0 Å². The zero-order valence-corrected chi connectivity index (χ0v) is 11.0. The second-order valence-corrected chi connectivity index (χ2v) is 5.75. The molecule has 0 unspecified atom stereocenters. The third-order valence-corrected chi connectivity index (χ3v) is 4.56. The van der Waals surface area contributed by atoms with Gasteiger partial charge in [-0.2, -0.15) is 0 Å². The minimum absolute atomic E-state index is 1.11. The number of likely N-dealkylation sites (N-methyl/N-ethyl adjacent to an activating group) is 1. The van der Waals surface area contributed by atoms with Crippen molar-refractivity contribution in [2.24, 2.45) is 0 Å². The molecule has 0 saturated carbocycles. The SMILES string of the molecule is CN1CCN(Cc2csc3ccccc23)CC1. The highest BCUT2D eigenvalue weighted by Gasteiger charge is 2.15. The third-order valence-electron chi connectivity index (χ3n) is 3.55. The van der Waals surface area contributed by atoms with Crippen LogP contribution in [0.4, 0.5) is 0 Å². The highest BCUT2D eigenvalue weighted by molar-refractivity contribution is 7.17. The van der Waals surface area contributed by atoms with Crippen LogP contribution in [-0.2, 0) is 6.54 Å². The largest absolute Gasteiger partial charge is 0.304 e. The lowest BCUT2D eigenvalue weighted by Crippen LogP contribution is -2.43. The Morgan fingerprint density at radius 3 is 2.71 bits per heavy atom. The Kier molecular flexibility index (Phi) is 3.14. The first kappa shape index (κ1) is 11.2. The van der Waals surface area contributed by atoms with Crippen molar-refractivity contribution in [2.45, 2.75) is 6.54 Å². The van der Waals surface area contributed by atoms with E-state index in [0.29, 0.717) is 0 Å². The molecule has 0 bridgehead atoms. The van der Waals surface area contributed by atoms with E-state index in [4.69, 9.17) is 0 Å². The van der Waals surface area contributed by atoms with Crippen molar-refractivity contribution in [1.82, 2.24) is 9.80 Å². The normalized spacial score (nSPS) is 18.9. The Bertz CT molecular complexity index is 498. The Balaban J connectivity index is 1.76. The van der Waals surface area contributed by atoms with Crippen LogP contribution >= 0.6 is 11.3 Å². The van der Waals surface area contributed by atoms with E-state index >= 15 is 0 Å². The lowest BCUT2D eigenvalue weighted by atomic mass is 10.1. The lowest BCUT2D eigenvalue weighted by Gasteiger charge is -2.32. The minimum Gasteiger partial charge on any atom is -0.304 e. The van der Waals surface area contributed by atoms with Crippen LogP contribution in [0, 0.1) is 0 Å². The molecule has 0 spiro atoms. The third kappa shape index (κ3) is 2.37. The van der Waals surface area contributed by atoms with Crippen molar-refractivity contribution < 1.29 is 0 Å². The Morgan fingerprint density at radius 1 is 1.12 bits per heavy atom. The van der Waals surface area contributed by atoms with Gasteiger partial charge in [-0.3, -0.25) is 4.90 Å². The molecule has 1 aromatic carbocycles. The maximum absolute atomic E-state index is 2.56. The van der Waals surface area contributed by atoms with Crippen LogP contribution in [0.5, 0.6) is 0 Å². The molecular formula is C14H18N2S. The van der Waals surface area contributed by atoms with Gasteiger partial charge in [-0.25, -0.2) is 0 Å². The molecule has 0 amide bonds. The van der Waals surface area contributed by atoms with Gasteiger partial charge in [0.15, 0.2) is 0 Å². The zero-order chi connectivity index (χ0) is 11.7. The van der Waals surface area contributed by atoms with E-state index < -0.39 is 0 Å². The van der Waals surface area contributed by atoms with Crippen LogP contribution in [-0.4, -0.2) is 43.0 Å². The number of thiophene rings is 1. The van der Waals surface area contributed by atoms with Crippen molar-refractivity contribution in [3.8, 4) is 0 Å². The summed E-state index contributed by atoms with van der Waals surface area (Å²) in [5.74, 6) is 0. The molecule has 2 nitrogen and oxygen atoms in total. The highest BCUT2D eigenvalue weighted by Crippen LogP contribution is 2.26. The van der Waals surface area contributed by atoms with E-state index in [-0.39, 0.29) is 0 Å². The van der Waals surface area contributed by atoms with Crippen LogP contribution in [0.1, 0.15) is 5.56 Å². The van der Waals surface area contributed by atoms with Gasteiger partial charge in [0, 0.05) is 37.4 Å². The molecular weight excluding hydrogens is 228 g/mol. The zero-order valence-electron chi connectivity index (χ0n) is 10.2. The number of fused-ring (bicyclic) bond motifs is 1. The van der Waals surface area contributed by atoms with Crippen molar-refractivity contribution in [3.05, 3.63) is 35.2 Å². The summed E-state index contributed by atoms with van der Waals surface area (Å²) in [5.41, 5.74) is 1.50. The van der Waals surface area contributed by atoms with Crippen molar-refractivity contribution in [2.75, 3.05) is 33.2 Å². The summed E-state index contributed by atoms with van der Waals surface area (Å²) < 4.78 is 1.41. The van der Waals surface area contributed by atoms with Crippen molar-refractivity contribution in [1.29, 1.82) is 0 Å². The van der Waals surface area contributed by atoms with E-state index in [0.717, 1.165) is 6.54 Å². The van der Waals surface area contributed by atoms with Crippen LogP contribution in [0.25, 0.3) is 10.1 Å². The number of piperazine rings is 1. The van der Waals surface area contributed by atoms with Crippen LogP contribution < -0.4 is 0 Å². The topological polar surface area (TPSA) is 6.48 Å². The number of hydrogen-bond donors (Lipinski definition) is 0. The second-order valence-electron chi connectivity index (χ2n) is 4.84. The summed E-state index contributed by atoms with van der Waals surface area (Å²) in [6.07, 6.45) is 0. The van der Waals surface area contributed by atoms with E-state index in [2.05, 4.69) is 46.5 Å². The van der Waals surface area contributed by atoms with Gasteiger partial charge < -0.3 is 4.90 Å². The molecule has 1 saturated heterocycles. The van der Waals surface area contributed by atoms with E-state index in [1.807, 2.05) is 11.3 Å². The smallest absolute Gasteiger partial charge is 0.0346 e. The molecule has 1 aliphatic rings. The molecule has 3 rings (SSSR count). The molecule has 90 valence electrons. The number of hydrogen-bond acceptors (Lipinski definition) is 3. The minimum atomic E-state index is 1.11. The number of rotatable bonds is 2. The number of benzene rings is 1. The molecule has 3 heteroatoms. The number of nitrogens with zero attached hydrogens (tertiary/aromatic N) is 2. The van der Waals surface area contributed by atoms with E-state index in [9.17, 15) is 0 Å². The predicted molar refractivity (Wildman–Crippen MR) is 74.6 cm³/mol. The van der Waals surface area contributed by atoms with Gasteiger partial charge in [0.05, 0.1) is 0 Å². The lowest BCUT2D eigenvalue weighted by molar-refractivity contribution is 0.148. The summed E-state index contributed by atoms with van der Waals surface area (Å²) in [4.78, 5) is 4.97. The molecule has 17 heavy (non-hydrogen) atoms. The summed E-state index contributed by atoms with van der Waals surface area (Å²) >= 11 is 1.87. The maximum atomic E-state index is 2.56. The van der Waals surface area contributed by atoms with Gasteiger partial charge in [0.2, 0.25) is 0 Å². The molecule has 1 aliphatic heterocycles. The predicted octanol–water partition coefficient (Wildman–Crippen LogP) is 2.65. The Hall–Kier alpha value is -0.900. The Labute approximate surface area is 106 Å². The summed E-state index contributed by atoms with van der Waals surface area (Å²) in [5, 5.41) is 3.76. The van der Waals surface area contributed by atoms with E-state index in [1.165, 1.54) is 41.8 Å². The van der Waals surface area contributed by atoms with Crippen LogP contribution in [0.2, 0.25) is 0 Å². The fraction of sp³-hybridized carbons (Fsp3) is 0.429. The first-order chi connectivity index (χ1) is 8.33. The second kappa shape index (κ2) is 4.77. The van der Waals surface area contributed by atoms with Gasteiger partial charge in [-0.1, -0.05) is 18.2 Å². The molecule has 1 aromatic heterocycles. The molecule has 0 radical (unpaired) electrons. The fourth-order valence-electron chi connectivity index (χ4n) is 2.40. The van der Waals surface area contributed by atoms with E-state index in [1.54, 1.807) is 0 Å². The van der Waals surface area contributed by atoms with Gasteiger partial charge >= 0.3 is 0 Å².